The molecule has 0 heterocycles. The Kier molecular flexibility index (Phi) is 7.79. The lowest BCUT2D eigenvalue weighted by Gasteiger charge is -2.19. The fourth-order valence-corrected chi connectivity index (χ4v) is 2.83. The summed E-state index contributed by atoms with van der Waals surface area (Å²) in [4.78, 5) is 4.30. The van der Waals surface area contributed by atoms with Gasteiger partial charge in [-0.25, -0.2) is 0 Å². The fourth-order valence-electron chi connectivity index (χ4n) is 2.83. The smallest absolute Gasteiger partial charge is 0.191 e. The van der Waals surface area contributed by atoms with E-state index in [1.807, 2.05) is 36.4 Å². The number of nitrogens with one attached hydrogen (secondary N) is 2. The average molecular weight is 371 g/mol. The molecule has 2 rings (SSSR count). The summed E-state index contributed by atoms with van der Waals surface area (Å²) in [5.74, 6) is 3.45. The van der Waals surface area contributed by atoms with Gasteiger partial charge in [-0.2, -0.15) is 0 Å². The predicted molar refractivity (Wildman–Crippen MR) is 109 cm³/mol. The van der Waals surface area contributed by atoms with Gasteiger partial charge in [-0.15, -0.1) is 0 Å². The maximum atomic E-state index is 5.45. The van der Waals surface area contributed by atoms with E-state index in [2.05, 4.69) is 28.6 Å². The van der Waals surface area contributed by atoms with Crippen LogP contribution in [0.25, 0.3) is 0 Å². The monoisotopic (exact) mass is 371 g/mol. The van der Waals surface area contributed by atoms with E-state index >= 15 is 0 Å². The summed E-state index contributed by atoms with van der Waals surface area (Å²) in [5.41, 5.74) is 2.19. The third kappa shape index (κ3) is 5.54. The first kappa shape index (κ1) is 20.4. The lowest BCUT2D eigenvalue weighted by molar-refractivity contribution is 0.390. The second-order valence-corrected chi connectivity index (χ2v) is 6.13. The van der Waals surface area contributed by atoms with Crippen LogP contribution in [0.4, 0.5) is 0 Å². The topological polar surface area (TPSA) is 64.1 Å². The number of ether oxygens (including phenoxy) is 3. The Balaban J connectivity index is 1.95. The lowest BCUT2D eigenvalue weighted by atomic mass is 10.0. The number of para-hydroxylation sites is 1. The summed E-state index contributed by atoms with van der Waals surface area (Å²) in [6, 6.07) is 13.8. The lowest BCUT2D eigenvalue weighted by Crippen LogP contribution is -2.38. The van der Waals surface area contributed by atoms with Crippen LogP contribution in [0.5, 0.6) is 17.2 Å². The molecule has 1 atom stereocenters. The molecule has 2 aromatic rings. The quantitative estimate of drug-likeness (QED) is 0.551. The van der Waals surface area contributed by atoms with Crippen LogP contribution in [0.3, 0.4) is 0 Å². The van der Waals surface area contributed by atoms with Crippen molar-refractivity contribution >= 4 is 5.96 Å². The minimum Gasteiger partial charge on any atom is -0.497 e. The van der Waals surface area contributed by atoms with Crippen molar-refractivity contribution in [3.8, 4) is 17.2 Å². The minimum atomic E-state index is 0.273. The van der Waals surface area contributed by atoms with Gasteiger partial charge in [0.1, 0.15) is 17.2 Å². The number of benzene rings is 2. The Morgan fingerprint density at radius 1 is 0.963 bits per heavy atom. The second-order valence-electron chi connectivity index (χ2n) is 6.13. The van der Waals surface area contributed by atoms with Crippen LogP contribution in [0.15, 0.2) is 47.5 Å². The van der Waals surface area contributed by atoms with Gasteiger partial charge >= 0.3 is 0 Å². The Bertz CT molecular complexity index is 762. The molecule has 0 aliphatic heterocycles. The van der Waals surface area contributed by atoms with Crippen molar-refractivity contribution in [2.45, 2.75) is 19.4 Å². The van der Waals surface area contributed by atoms with Crippen molar-refractivity contribution in [1.29, 1.82) is 0 Å². The molecule has 2 N–H and O–H groups in total. The molecule has 0 amide bonds. The van der Waals surface area contributed by atoms with Gasteiger partial charge in [-0.05, 0) is 23.8 Å². The van der Waals surface area contributed by atoms with Crippen molar-refractivity contribution < 1.29 is 14.2 Å². The number of hydrogen-bond donors (Lipinski definition) is 2. The molecule has 0 aliphatic rings. The molecule has 1 unspecified atom stereocenters. The highest BCUT2D eigenvalue weighted by molar-refractivity contribution is 5.79. The van der Waals surface area contributed by atoms with Gasteiger partial charge in [0.05, 0.1) is 21.3 Å². The fraction of sp³-hybridized carbons (Fsp3) is 0.381. The molecule has 2 aromatic carbocycles. The van der Waals surface area contributed by atoms with E-state index < -0.39 is 0 Å². The van der Waals surface area contributed by atoms with Crippen LogP contribution in [-0.2, 0) is 6.54 Å². The summed E-state index contributed by atoms with van der Waals surface area (Å²) in [6.45, 7) is 3.49. The van der Waals surface area contributed by atoms with Gasteiger partial charge in [-0.1, -0.05) is 25.1 Å². The van der Waals surface area contributed by atoms with Gasteiger partial charge in [0.25, 0.3) is 0 Å². The van der Waals surface area contributed by atoms with Crippen molar-refractivity contribution in [1.82, 2.24) is 10.6 Å². The Hall–Kier alpha value is -2.89. The zero-order valence-corrected chi connectivity index (χ0v) is 16.7. The van der Waals surface area contributed by atoms with Crippen molar-refractivity contribution in [3.63, 3.8) is 0 Å². The third-order valence-electron chi connectivity index (χ3n) is 4.41. The van der Waals surface area contributed by atoms with Crippen molar-refractivity contribution in [2.75, 3.05) is 34.9 Å². The number of rotatable bonds is 8. The number of nitrogens with zero attached hydrogens (tertiary/aromatic N) is 1. The summed E-state index contributed by atoms with van der Waals surface area (Å²) in [6.07, 6.45) is 0. The number of aliphatic imine (C=N–C) groups is 1. The van der Waals surface area contributed by atoms with Crippen LogP contribution in [0, 0.1) is 0 Å². The molecule has 0 bridgehead atoms. The molecular weight excluding hydrogens is 342 g/mol. The summed E-state index contributed by atoms with van der Waals surface area (Å²) >= 11 is 0. The molecule has 0 aromatic heterocycles. The molecule has 0 radical (unpaired) electrons. The molecule has 0 saturated heterocycles. The number of hydrogen-bond acceptors (Lipinski definition) is 4. The molecule has 0 aliphatic carbocycles. The highest BCUT2D eigenvalue weighted by Gasteiger charge is 2.12. The highest BCUT2D eigenvalue weighted by atomic mass is 16.5. The zero-order chi connectivity index (χ0) is 19.6. The minimum absolute atomic E-state index is 0.273. The van der Waals surface area contributed by atoms with E-state index in [0.717, 1.165) is 35.3 Å². The van der Waals surface area contributed by atoms with Crippen LogP contribution >= 0.6 is 0 Å². The molecule has 6 heteroatoms. The van der Waals surface area contributed by atoms with E-state index in [-0.39, 0.29) is 5.92 Å². The predicted octanol–water partition coefficient (Wildman–Crippen LogP) is 3.18. The third-order valence-corrected chi connectivity index (χ3v) is 4.41. The Labute approximate surface area is 161 Å². The summed E-state index contributed by atoms with van der Waals surface area (Å²) in [7, 11) is 6.75. The van der Waals surface area contributed by atoms with Gasteiger partial charge in [0.2, 0.25) is 0 Å². The number of guanidine groups is 1. The van der Waals surface area contributed by atoms with E-state index in [4.69, 9.17) is 14.2 Å². The van der Waals surface area contributed by atoms with E-state index in [1.165, 1.54) is 5.56 Å². The van der Waals surface area contributed by atoms with E-state index in [9.17, 15) is 0 Å². The van der Waals surface area contributed by atoms with E-state index in [1.54, 1.807) is 28.4 Å². The SMILES string of the molecule is CN=C(NCc1ccc(OC)cc1OC)NCC(C)c1ccccc1OC. The van der Waals surface area contributed by atoms with Crippen LogP contribution < -0.4 is 24.8 Å². The van der Waals surface area contributed by atoms with Crippen LogP contribution in [0.2, 0.25) is 0 Å². The standard InChI is InChI=1S/C21H29N3O3/c1-15(18-8-6-7-9-19(18)26-4)13-23-21(22-2)24-14-16-10-11-17(25-3)12-20(16)27-5/h6-12,15H,13-14H2,1-5H3,(H2,22,23,24). The summed E-state index contributed by atoms with van der Waals surface area (Å²) in [5, 5.41) is 6.69. The van der Waals surface area contributed by atoms with Crippen molar-refractivity contribution in [3.05, 3.63) is 53.6 Å². The number of methoxy groups -OCH3 is 3. The Morgan fingerprint density at radius 3 is 2.37 bits per heavy atom. The van der Waals surface area contributed by atoms with Gasteiger partial charge in [0.15, 0.2) is 5.96 Å². The normalized spacial score (nSPS) is 12.3. The molecular formula is C21H29N3O3. The first-order valence-electron chi connectivity index (χ1n) is 8.91. The summed E-state index contributed by atoms with van der Waals surface area (Å²) < 4.78 is 16.1. The zero-order valence-electron chi connectivity index (χ0n) is 16.7. The highest BCUT2D eigenvalue weighted by Crippen LogP contribution is 2.26. The molecule has 0 fully saturated rings. The molecule has 146 valence electrons. The van der Waals surface area contributed by atoms with Gasteiger partial charge in [-0.3, -0.25) is 4.99 Å². The maximum absolute atomic E-state index is 5.45. The molecule has 0 spiro atoms. The van der Waals surface area contributed by atoms with Gasteiger partial charge in [0, 0.05) is 37.7 Å². The van der Waals surface area contributed by atoms with Gasteiger partial charge < -0.3 is 24.8 Å². The molecule has 0 saturated carbocycles. The first-order valence-corrected chi connectivity index (χ1v) is 8.91. The van der Waals surface area contributed by atoms with Crippen LogP contribution in [0.1, 0.15) is 24.0 Å². The molecule has 27 heavy (non-hydrogen) atoms. The second kappa shape index (κ2) is 10.3. The largest absolute Gasteiger partial charge is 0.497 e. The first-order chi connectivity index (χ1) is 13.1. The average Bonchev–Trinajstić information content (AvgIpc) is 2.73. The van der Waals surface area contributed by atoms with E-state index in [0.29, 0.717) is 6.54 Å². The Morgan fingerprint density at radius 2 is 1.70 bits per heavy atom. The molecule has 6 nitrogen and oxygen atoms in total. The maximum Gasteiger partial charge on any atom is 0.191 e. The van der Waals surface area contributed by atoms with Crippen molar-refractivity contribution in [2.24, 2.45) is 4.99 Å². The van der Waals surface area contributed by atoms with Crippen LogP contribution in [-0.4, -0.2) is 40.9 Å².